The van der Waals surface area contributed by atoms with Crippen molar-refractivity contribution in [3.63, 3.8) is 0 Å². The van der Waals surface area contributed by atoms with Gasteiger partial charge in [0.1, 0.15) is 44.7 Å². The molecule has 0 fully saturated rings. The third-order valence-corrected chi connectivity index (χ3v) is 15.4. The van der Waals surface area contributed by atoms with Gasteiger partial charge in [0.25, 0.3) is 0 Å². The summed E-state index contributed by atoms with van der Waals surface area (Å²) in [5.74, 6) is 2.91. The van der Waals surface area contributed by atoms with Crippen molar-refractivity contribution in [3.8, 4) is 22.6 Å². The molecular formula is C52H36N2O4S4. The van der Waals surface area contributed by atoms with E-state index in [2.05, 4.69) is 169 Å². The molecule has 302 valence electrons. The fourth-order valence-corrected chi connectivity index (χ4v) is 12.6. The van der Waals surface area contributed by atoms with Crippen molar-refractivity contribution in [2.75, 3.05) is 9.80 Å². The van der Waals surface area contributed by atoms with Gasteiger partial charge >= 0.3 is 0 Å². The number of rotatable bonds is 14. The maximum absolute atomic E-state index is 6.94. The average Bonchev–Trinajstić information content (AvgIpc) is 4.18. The molecule has 11 rings (SSSR count). The summed E-state index contributed by atoms with van der Waals surface area (Å²) in [6.07, 6.45) is 2.99. The highest BCUT2D eigenvalue weighted by molar-refractivity contribution is 7.26. The molecule has 0 aliphatic carbocycles. The van der Waals surface area contributed by atoms with Gasteiger partial charge < -0.3 is 18.3 Å². The molecule has 0 unspecified atom stereocenters. The second-order valence-corrected chi connectivity index (χ2v) is 18.7. The summed E-state index contributed by atoms with van der Waals surface area (Å²) in [6.45, 7) is 8.40. The molecule has 0 amide bonds. The zero-order valence-corrected chi connectivity index (χ0v) is 36.4. The van der Waals surface area contributed by atoms with Crippen LogP contribution in [0.5, 0.6) is 0 Å². The number of anilines is 6. The summed E-state index contributed by atoms with van der Waals surface area (Å²) in [5.41, 5.74) is 3.97. The van der Waals surface area contributed by atoms with Gasteiger partial charge in [-0.05, 0) is 65.4 Å². The summed E-state index contributed by atoms with van der Waals surface area (Å²) in [7, 11) is 0. The Balaban J connectivity index is 0.995. The van der Waals surface area contributed by atoms with E-state index in [1.54, 1.807) is 45.3 Å². The van der Waals surface area contributed by atoms with Gasteiger partial charge in [0.2, 0.25) is 11.8 Å². The van der Waals surface area contributed by atoms with Crippen LogP contribution in [0, 0.1) is 0 Å². The van der Waals surface area contributed by atoms with E-state index < -0.39 is 0 Å². The molecule has 0 saturated carbocycles. The minimum absolute atomic E-state index is 0.354. The molecule has 6 heterocycles. The Kier molecular flexibility index (Phi) is 9.98. The van der Waals surface area contributed by atoms with Crippen LogP contribution in [0.1, 0.15) is 11.1 Å². The first-order chi connectivity index (χ1) is 30.6. The zero-order chi connectivity index (χ0) is 41.6. The van der Waals surface area contributed by atoms with Crippen LogP contribution in [0.15, 0.2) is 192 Å². The monoisotopic (exact) mass is 880 g/mol. The number of nitrogens with zero attached hydrogens (tertiary/aromatic N) is 2. The Labute approximate surface area is 373 Å². The van der Waals surface area contributed by atoms with E-state index in [9.17, 15) is 0 Å². The molecule has 5 aromatic carbocycles. The van der Waals surface area contributed by atoms with Gasteiger partial charge in [-0.2, -0.15) is 0 Å². The molecule has 0 aliphatic heterocycles. The third kappa shape index (κ3) is 6.87. The molecule has 0 N–H and O–H groups in total. The summed E-state index contributed by atoms with van der Waals surface area (Å²) >= 11 is 6.92. The van der Waals surface area contributed by atoms with Crippen LogP contribution >= 0.6 is 45.3 Å². The van der Waals surface area contributed by atoms with Crippen molar-refractivity contribution in [2.24, 2.45) is 0 Å². The van der Waals surface area contributed by atoms with E-state index in [1.165, 1.54) is 32.7 Å². The minimum atomic E-state index is 0.354. The van der Waals surface area contributed by atoms with Gasteiger partial charge in [-0.25, -0.2) is 0 Å². The molecule has 62 heavy (non-hydrogen) atoms. The van der Waals surface area contributed by atoms with Crippen LogP contribution in [0.4, 0.5) is 31.8 Å². The van der Waals surface area contributed by atoms with Gasteiger partial charge in [-0.15, -0.1) is 45.3 Å². The van der Waals surface area contributed by atoms with Crippen LogP contribution in [-0.2, 0) is 22.7 Å². The molecule has 11 aromatic rings. The van der Waals surface area contributed by atoms with Gasteiger partial charge in [0, 0.05) is 64.0 Å². The van der Waals surface area contributed by atoms with E-state index in [1.807, 2.05) is 12.1 Å². The van der Waals surface area contributed by atoms with Gasteiger partial charge in [-0.1, -0.05) is 104 Å². The Hall–Kier alpha value is -6.82. The SMILES string of the molecule is C=COCc1c(N(c2ccc(-c3cccc(-c4ccc(N(c5cc6ccccc6s5)c5cc6ccccc6s5)o4)c3)o2)c2sc3ccccc3c2COC=C)sc2ccccc12. The first-order valence-electron chi connectivity index (χ1n) is 20.0. The number of benzene rings is 5. The minimum Gasteiger partial charge on any atom is -0.497 e. The number of fused-ring (bicyclic) bond motifs is 4. The second kappa shape index (κ2) is 16.2. The van der Waals surface area contributed by atoms with Crippen LogP contribution in [0.2, 0.25) is 0 Å². The van der Waals surface area contributed by atoms with Crippen molar-refractivity contribution in [2.45, 2.75) is 13.2 Å². The fourth-order valence-electron chi connectivity index (χ4n) is 7.90. The molecule has 6 nitrogen and oxygen atoms in total. The molecule has 0 atom stereocenters. The maximum atomic E-state index is 6.94. The molecule has 0 aliphatic rings. The van der Waals surface area contributed by atoms with Gasteiger partial charge in [0.05, 0.1) is 12.5 Å². The molecular weight excluding hydrogens is 845 g/mol. The van der Waals surface area contributed by atoms with E-state index >= 15 is 0 Å². The lowest BCUT2D eigenvalue weighted by molar-refractivity contribution is 0.239. The Morgan fingerprint density at radius 2 is 0.903 bits per heavy atom. The lowest BCUT2D eigenvalue weighted by Gasteiger charge is -2.22. The highest BCUT2D eigenvalue weighted by Crippen LogP contribution is 2.52. The molecule has 0 radical (unpaired) electrons. The third-order valence-electron chi connectivity index (χ3n) is 10.8. The number of thiophene rings is 4. The van der Waals surface area contributed by atoms with Crippen LogP contribution in [0.3, 0.4) is 0 Å². The van der Waals surface area contributed by atoms with Crippen LogP contribution < -0.4 is 9.80 Å². The van der Waals surface area contributed by atoms with E-state index in [-0.39, 0.29) is 0 Å². The van der Waals surface area contributed by atoms with Gasteiger partial charge in [0.15, 0.2) is 0 Å². The molecule has 6 aromatic heterocycles. The first-order valence-corrected chi connectivity index (χ1v) is 23.2. The van der Waals surface area contributed by atoms with Crippen molar-refractivity contribution < 1.29 is 18.3 Å². The first kappa shape index (κ1) is 38.1. The topological polar surface area (TPSA) is 51.2 Å². The number of hydrogen-bond acceptors (Lipinski definition) is 10. The quantitative estimate of drug-likeness (QED) is 0.101. The number of ether oxygens (including phenoxy) is 2. The highest BCUT2D eigenvalue weighted by Gasteiger charge is 2.29. The molecule has 0 bridgehead atoms. The Morgan fingerprint density at radius 1 is 0.452 bits per heavy atom. The molecule has 0 spiro atoms. The second-order valence-electron chi connectivity index (χ2n) is 14.5. The number of furan rings is 2. The van der Waals surface area contributed by atoms with Crippen molar-refractivity contribution in [3.05, 3.63) is 195 Å². The summed E-state index contributed by atoms with van der Waals surface area (Å²) in [5, 5.41) is 8.85. The smallest absolute Gasteiger partial charge is 0.206 e. The predicted molar refractivity (Wildman–Crippen MR) is 263 cm³/mol. The van der Waals surface area contributed by atoms with Crippen LogP contribution in [-0.4, -0.2) is 0 Å². The Morgan fingerprint density at radius 3 is 1.39 bits per heavy atom. The van der Waals surface area contributed by atoms with Crippen LogP contribution in [0.25, 0.3) is 63.0 Å². The standard InChI is InChI=1S/C52H36N2O4S4/c1-3-55-31-39-37-18-7-11-22-45(37)61-51(39)54(52-40(32-56-4-2)38-19-8-12-23-46(38)62-52)48-27-25-42(58-48)34-17-13-16-33(28-34)41-24-26-47(57-41)53(49-29-35-14-5-9-20-43(35)59-49)50-30-36-15-6-10-21-44(36)60-50/h3-30H,1-2,31-32H2. The van der Waals surface area contributed by atoms with Crippen molar-refractivity contribution in [1.82, 2.24) is 0 Å². The average molecular weight is 881 g/mol. The van der Waals surface area contributed by atoms with E-state index in [0.29, 0.717) is 19.1 Å². The van der Waals surface area contributed by atoms with E-state index in [4.69, 9.17) is 18.3 Å². The summed E-state index contributed by atoms with van der Waals surface area (Å²) in [6, 6.07) is 54.9. The normalized spacial score (nSPS) is 11.5. The fraction of sp³-hybridized carbons (Fsp3) is 0.0385. The maximum Gasteiger partial charge on any atom is 0.206 e. The zero-order valence-electron chi connectivity index (χ0n) is 33.2. The van der Waals surface area contributed by atoms with E-state index in [0.717, 1.165) is 79.8 Å². The molecule has 10 heteroatoms. The molecule has 0 saturated heterocycles. The number of hydrogen-bond donors (Lipinski definition) is 0. The lowest BCUT2D eigenvalue weighted by Crippen LogP contribution is -2.10. The predicted octanol–water partition coefficient (Wildman–Crippen LogP) is 17.3. The largest absolute Gasteiger partial charge is 0.497 e. The Bertz CT molecular complexity index is 3190. The van der Waals surface area contributed by atoms with Crippen molar-refractivity contribution >= 4 is 117 Å². The van der Waals surface area contributed by atoms with Crippen molar-refractivity contribution in [1.29, 1.82) is 0 Å². The lowest BCUT2D eigenvalue weighted by atomic mass is 10.1. The van der Waals surface area contributed by atoms with Gasteiger partial charge in [-0.3, -0.25) is 9.80 Å². The summed E-state index contributed by atoms with van der Waals surface area (Å²) < 4.78 is 30.3. The summed E-state index contributed by atoms with van der Waals surface area (Å²) in [4.78, 5) is 4.46. The highest BCUT2D eigenvalue weighted by atomic mass is 32.1.